The molecule has 0 aliphatic carbocycles. The molecule has 1 N–H and O–H groups in total. The van der Waals surface area contributed by atoms with E-state index >= 15 is 0 Å². The van der Waals surface area contributed by atoms with Gasteiger partial charge in [0.2, 0.25) is 0 Å². The van der Waals surface area contributed by atoms with E-state index in [9.17, 15) is 13.2 Å². The van der Waals surface area contributed by atoms with E-state index in [1.807, 2.05) is 0 Å². The summed E-state index contributed by atoms with van der Waals surface area (Å²) in [7, 11) is -4.13. The molecule has 0 aliphatic rings. The smallest absolute Gasteiger partial charge is 0.333 e. The summed E-state index contributed by atoms with van der Waals surface area (Å²) in [6, 6.07) is 0. The van der Waals surface area contributed by atoms with Crippen LogP contribution in [0.25, 0.3) is 0 Å². The Morgan fingerprint density at radius 3 is 2.29 bits per heavy atom. The maximum Gasteiger partial charge on any atom is 0.333 e. The van der Waals surface area contributed by atoms with Crippen molar-refractivity contribution < 1.29 is 22.5 Å². The van der Waals surface area contributed by atoms with Crippen LogP contribution in [0.1, 0.15) is 13.8 Å². The summed E-state index contributed by atoms with van der Waals surface area (Å²) < 4.78 is 33.9. The van der Waals surface area contributed by atoms with E-state index in [0.29, 0.717) is 0 Å². The van der Waals surface area contributed by atoms with Gasteiger partial charge in [-0.3, -0.25) is 4.55 Å². The Labute approximate surface area is 106 Å². The van der Waals surface area contributed by atoms with Crippen LogP contribution in [0.3, 0.4) is 0 Å². The van der Waals surface area contributed by atoms with E-state index in [-0.39, 0.29) is 41.7 Å². The van der Waals surface area contributed by atoms with Crippen LogP contribution in [0.4, 0.5) is 0 Å². The van der Waals surface area contributed by atoms with Gasteiger partial charge in [-0.25, -0.2) is 4.79 Å². The van der Waals surface area contributed by atoms with Crippen LogP contribution >= 0.6 is 0 Å². The second kappa shape index (κ2) is 6.58. The maximum absolute atomic E-state index is 10.8. The van der Waals surface area contributed by atoms with Crippen molar-refractivity contribution in [2.75, 3.05) is 6.61 Å². The minimum absolute atomic E-state index is 0. The van der Waals surface area contributed by atoms with Gasteiger partial charge in [0.05, 0.1) is 0 Å². The normalized spacial score (nSPS) is 12.5. The molecule has 0 saturated carbocycles. The van der Waals surface area contributed by atoms with E-state index in [1.54, 1.807) is 0 Å². The molecule has 0 bridgehead atoms. The zero-order chi connectivity index (χ0) is 10.6. The van der Waals surface area contributed by atoms with Gasteiger partial charge in [0, 0.05) is 35.1 Å². The van der Waals surface area contributed by atoms with Crippen molar-refractivity contribution in [1.29, 1.82) is 0 Å². The molecular weight excluding hydrogens is 219 g/mol. The first-order valence-corrected chi connectivity index (χ1v) is 5.04. The van der Waals surface area contributed by atoms with Crippen molar-refractivity contribution in [2.24, 2.45) is 0 Å². The summed E-state index contributed by atoms with van der Waals surface area (Å²) in [4.78, 5) is 10.8. The number of hydrogen-bond acceptors (Lipinski definition) is 4. The van der Waals surface area contributed by atoms with Gasteiger partial charge >= 0.3 is 5.97 Å². The molecular formula is C7H12NaO5S. The summed E-state index contributed by atoms with van der Waals surface area (Å²) in [5.41, 5.74) is 0.183. The van der Waals surface area contributed by atoms with Crippen LogP contribution in [0.2, 0.25) is 0 Å². The quantitative estimate of drug-likeness (QED) is 0.319. The van der Waals surface area contributed by atoms with E-state index in [2.05, 4.69) is 11.3 Å². The molecule has 77 valence electrons. The van der Waals surface area contributed by atoms with Crippen molar-refractivity contribution in [3.05, 3.63) is 12.2 Å². The summed E-state index contributed by atoms with van der Waals surface area (Å²) in [6.07, 6.45) is 0. The van der Waals surface area contributed by atoms with Gasteiger partial charge in [-0.1, -0.05) is 6.58 Å². The Bertz CT molecular complexity index is 308. The van der Waals surface area contributed by atoms with Gasteiger partial charge < -0.3 is 4.74 Å². The molecule has 1 unspecified atom stereocenters. The van der Waals surface area contributed by atoms with Gasteiger partial charge in [-0.15, -0.1) is 0 Å². The molecule has 14 heavy (non-hydrogen) atoms. The second-order valence-corrected chi connectivity index (χ2v) is 4.54. The summed E-state index contributed by atoms with van der Waals surface area (Å²) in [5.74, 6) is -0.671. The topological polar surface area (TPSA) is 80.7 Å². The van der Waals surface area contributed by atoms with Gasteiger partial charge in [-0.2, -0.15) is 8.42 Å². The monoisotopic (exact) mass is 231 g/mol. The number of ether oxygens (including phenoxy) is 1. The second-order valence-electron chi connectivity index (χ2n) is 2.70. The van der Waals surface area contributed by atoms with Crippen LogP contribution in [0.15, 0.2) is 12.2 Å². The fourth-order valence-electron chi connectivity index (χ4n) is 0.402. The number of carbonyl (C=O) groups excluding carboxylic acids is 1. The zero-order valence-corrected chi connectivity index (χ0v) is 11.3. The SMILES string of the molecule is C=C(C)C(=O)OCC(C)S(=O)(=O)O.[Na]. The molecule has 7 heteroatoms. The van der Waals surface area contributed by atoms with E-state index in [4.69, 9.17) is 4.55 Å². The first kappa shape index (κ1) is 16.5. The fraction of sp³-hybridized carbons (Fsp3) is 0.571. The molecule has 5 nitrogen and oxygen atoms in total. The summed E-state index contributed by atoms with van der Waals surface area (Å²) >= 11 is 0. The predicted octanol–water partition coefficient (Wildman–Crippen LogP) is 0.00120. The van der Waals surface area contributed by atoms with Crippen molar-refractivity contribution in [2.45, 2.75) is 19.1 Å². The Hall–Kier alpha value is 0.120. The summed E-state index contributed by atoms with van der Waals surface area (Å²) in [5, 5.41) is -1.12. The van der Waals surface area contributed by atoms with Crippen molar-refractivity contribution >= 4 is 45.6 Å². The standard InChI is InChI=1S/C7H12O5S.Na/c1-5(2)7(8)12-4-6(3)13(9,10)11;/h6H,1,4H2,2-3H3,(H,9,10,11);. The largest absolute Gasteiger partial charge is 0.461 e. The molecule has 0 aromatic rings. The fourth-order valence-corrected chi connectivity index (χ4v) is 0.642. The van der Waals surface area contributed by atoms with Crippen LogP contribution in [0, 0.1) is 0 Å². The average Bonchev–Trinajstić information content (AvgIpc) is 1.97. The number of esters is 1. The van der Waals surface area contributed by atoms with Crippen LogP contribution in [-0.4, -0.2) is 60.4 Å². The number of hydrogen-bond donors (Lipinski definition) is 1. The molecule has 0 saturated heterocycles. The third-order valence-electron chi connectivity index (χ3n) is 1.31. The minimum atomic E-state index is -4.13. The minimum Gasteiger partial charge on any atom is -0.461 e. The molecule has 0 aromatic carbocycles. The van der Waals surface area contributed by atoms with Crippen LogP contribution in [-0.2, 0) is 19.6 Å². The average molecular weight is 231 g/mol. The van der Waals surface area contributed by atoms with E-state index in [0.717, 1.165) is 0 Å². The molecule has 0 rings (SSSR count). The first-order valence-electron chi connectivity index (χ1n) is 3.54. The van der Waals surface area contributed by atoms with E-state index < -0.39 is 21.3 Å². The molecule has 0 aromatic heterocycles. The van der Waals surface area contributed by atoms with Crippen LogP contribution in [0.5, 0.6) is 0 Å². The molecule has 0 amide bonds. The van der Waals surface area contributed by atoms with Gasteiger partial charge in [-0.05, 0) is 13.8 Å². The maximum atomic E-state index is 10.8. The summed E-state index contributed by atoms with van der Waals surface area (Å²) in [6.45, 7) is 5.62. The molecule has 0 fully saturated rings. The third-order valence-corrected chi connectivity index (χ3v) is 2.46. The number of rotatable bonds is 4. The Morgan fingerprint density at radius 2 is 2.00 bits per heavy atom. The Morgan fingerprint density at radius 1 is 1.57 bits per heavy atom. The van der Waals surface area contributed by atoms with Gasteiger partial charge in [0.1, 0.15) is 11.9 Å². The molecule has 0 heterocycles. The molecule has 0 aliphatic heterocycles. The van der Waals surface area contributed by atoms with Crippen LogP contribution < -0.4 is 0 Å². The first-order chi connectivity index (χ1) is 5.75. The molecule has 1 atom stereocenters. The van der Waals surface area contributed by atoms with Gasteiger partial charge in [0.15, 0.2) is 0 Å². The predicted molar refractivity (Wildman–Crippen MR) is 52.5 cm³/mol. The van der Waals surface area contributed by atoms with Crippen molar-refractivity contribution in [3.8, 4) is 0 Å². The van der Waals surface area contributed by atoms with Gasteiger partial charge in [0.25, 0.3) is 10.1 Å². The molecule has 1 radical (unpaired) electrons. The Kier molecular flexibility index (Phi) is 7.77. The van der Waals surface area contributed by atoms with E-state index in [1.165, 1.54) is 13.8 Å². The third kappa shape index (κ3) is 6.56. The number of carbonyl (C=O) groups is 1. The zero-order valence-electron chi connectivity index (χ0n) is 8.48. The van der Waals surface area contributed by atoms with Crippen molar-refractivity contribution in [3.63, 3.8) is 0 Å². The Balaban J connectivity index is 0. The van der Waals surface area contributed by atoms with Crippen molar-refractivity contribution in [1.82, 2.24) is 0 Å². The molecule has 0 spiro atoms.